The first-order valence-corrected chi connectivity index (χ1v) is 5.78. The molecule has 0 aliphatic carbocycles. The summed E-state index contributed by atoms with van der Waals surface area (Å²) >= 11 is 0. The topological polar surface area (TPSA) is 106 Å². The Morgan fingerprint density at radius 2 is 2.26 bits per heavy atom. The Kier molecular flexibility index (Phi) is 3.37. The van der Waals surface area contributed by atoms with Crippen LogP contribution in [0.25, 0.3) is 0 Å². The van der Waals surface area contributed by atoms with Gasteiger partial charge in [0.25, 0.3) is 0 Å². The van der Waals surface area contributed by atoms with Gasteiger partial charge >= 0.3 is 5.97 Å². The van der Waals surface area contributed by atoms with Crippen molar-refractivity contribution in [3.63, 3.8) is 0 Å². The molecule has 0 spiro atoms. The maximum atomic E-state index is 11.1. The average Bonchev–Trinajstić information content (AvgIpc) is 2.80. The van der Waals surface area contributed by atoms with Crippen molar-refractivity contribution in [3.05, 3.63) is 30.1 Å². The van der Waals surface area contributed by atoms with Crippen molar-refractivity contribution in [2.24, 2.45) is 0 Å². The van der Waals surface area contributed by atoms with Gasteiger partial charge in [-0.1, -0.05) is 0 Å². The Hall–Kier alpha value is -2.57. The number of carboxylic acid groups (broad SMARTS) is 1. The van der Waals surface area contributed by atoms with Gasteiger partial charge in [0, 0.05) is 18.3 Å². The van der Waals surface area contributed by atoms with Gasteiger partial charge in [-0.05, 0) is 19.9 Å². The van der Waals surface area contributed by atoms with Crippen LogP contribution in [-0.2, 0) is 0 Å². The van der Waals surface area contributed by atoms with E-state index in [-0.39, 0.29) is 17.4 Å². The molecule has 7 nitrogen and oxygen atoms in total. The summed E-state index contributed by atoms with van der Waals surface area (Å²) in [5.41, 5.74) is 5.90. The second-order valence-corrected chi connectivity index (χ2v) is 4.36. The quantitative estimate of drug-likeness (QED) is 0.775. The Morgan fingerprint density at radius 3 is 2.84 bits per heavy atom. The number of carboxylic acids is 1. The number of nitrogen functional groups attached to an aromatic ring is 1. The molecule has 0 unspecified atom stereocenters. The van der Waals surface area contributed by atoms with Crippen molar-refractivity contribution >= 4 is 23.3 Å². The Bertz CT molecular complexity index is 606. The molecule has 19 heavy (non-hydrogen) atoms. The normalized spacial score (nSPS) is 10.7. The van der Waals surface area contributed by atoms with E-state index >= 15 is 0 Å². The zero-order valence-electron chi connectivity index (χ0n) is 10.7. The molecule has 7 heteroatoms. The van der Waals surface area contributed by atoms with E-state index in [1.54, 1.807) is 10.7 Å². The zero-order valence-corrected chi connectivity index (χ0v) is 10.7. The average molecular weight is 261 g/mol. The van der Waals surface area contributed by atoms with Crippen LogP contribution in [0.4, 0.5) is 17.3 Å². The van der Waals surface area contributed by atoms with Gasteiger partial charge in [-0.25, -0.2) is 9.78 Å². The SMILES string of the molecule is CC(C)n1ccc(Nc2cnc(N)cc2C(=O)O)n1. The smallest absolute Gasteiger partial charge is 0.338 e. The number of nitrogens with zero attached hydrogens (tertiary/aromatic N) is 3. The van der Waals surface area contributed by atoms with Gasteiger partial charge in [-0.3, -0.25) is 4.68 Å². The molecular weight excluding hydrogens is 246 g/mol. The van der Waals surface area contributed by atoms with Crippen LogP contribution in [0, 0.1) is 0 Å². The third-order valence-corrected chi connectivity index (χ3v) is 2.56. The lowest BCUT2D eigenvalue weighted by molar-refractivity contribution is 0.0698. The molecule has 0 saturated heterocycles. The summed E-state index contributed by atoms with van der Waals surface area (Å²) in [5.74, 6) is -0.349. The fraction of sp³-hybridized carbons (Fsp3) is 0.250. The molecule has 2 rings (SSSR count). The largest absolute Gasteiger partial charge is 0.478 e. The first-order valence-electron chi connectivity index (χ1n) is 5.78. The highest BCUT2D eigenvalue weighted by molar-refractivity contribution is 5.95. The predicted molar refractivity (Wildman–Crippen MR) is 71.5 cm³/mol. The molecule has 0 amide bonds. The standard InChI is InChI=1S/C12H15N5O2/c1-7(2)17-4-3-11(16-17)15-9-6-14-10(13)5-8(9)12(18)19/h3-7H,1-2H3,(H2,13,14)(H,15,16)(H,18,19). The minimum atomic E-state index is -1.07. The van der Waals surface area contributed by atoms with Gasteiger partial charge in [0.2, 0.25) is 0 Å². The molecule has 0 bridgehead atoms. The van der Waals surface area contributed by atoms with Crippen molar-refractivity contribution in [3.8, 4) is 0 Å². The van der Waals surface area contributed by atoms with Crippen LogP contribution in [0.3, 0.4) is 0 Å². The second-order valence-electron chi connectivity index (χ2n) is 4.36. The molecule has 0 saturated carbocycles. The van der Waals surface area contributed by atoms with Crippen LogP contribution in [0.1, 0.15) is 30.2 Å². The summed E-state index contributed by atoms with van der Waals surface area (Å²) in [6.07, 6.45) is 3.20. The van der Waals surface area contributed by atoms with E-state index in [4.69, 9.17) is 10.8 Å². The summed E-state index contributed by atoms with van der Waals surface area (Å²) in [5, 5.41) is 16.3. The lowest BCUT2D eigenvalue weighted by Crippen LogP contribution is -2.06. The van der Waals surface area contributed by atoms with E-state index in [1.807, 2.05) is 20.0 Å². The number of anilines is 3. The molecule has 2 aromatic heterocycles. The summed E-state index contributed by atoms with van der Waals surface area (Å²) in [7, 11) is 0. The van der Waals surface area contributed by atoms with Crippen LogP contribution in [0.15, 0.2) is 24.5 Å². The molecule has 0 aromatic carbocycles. The molecule has 0 aliphatic rings. The third-order valence-electron chi connectivity index (χ3n) is 2.56. The van der Waals surface area contributed by atoms with Crippen molar-refractivity contribution in [1.29, 1.82) is 0 Å². The molecule has 2 heterocycles. The number of carbonyl (C=O) groups is 1. The Labute approximate surface area is 110 Å². The molecule has 2 aromatic rings. The molecule has 100 valence electrons. The molecule has 0 aliphatic heterocycles. The van der Waals surface area contributed by atoms with Crippen molar-refractivity contribution in [2.45, 2.75) is 19.9 Å². The van der Waals surface area contributed by atoms with Crippen LogP contribution in [0.2, 0.25) is 0 Å². The van der Waals surface area contributed by atoms with Crippen LogP contribution in [-0.4, -0.2) is 25.8 Å². The van der Waals surface area contributed by atoms with Gasteiger partial charge in [0.1, 0.15) is 5.82 Å². The number of aromatic carboxylic acids is 1. The molecular formula is C12H15N5O2. The van der Waals surface area contributed by atoms with Crippen LogP contribution < -0.4 is 11.1 Å². The number of rotatable bonds is 4. The number of pyridine rings is 1. The molecule has 0 radical (unpaired) electrons. The minimum Gasteiger partial charge on any atom is -0.478 e. The summed E-state index contributed by atoms with van der Waals surface area (Å²) in [6.45, 7) is 4.01. The highest BCUT2D eigenvalue weighted by atomic mass is 16.4. The number of nitrogens with one attached hydrogen (secondary N) is 1. The minimum absolute atomic E-state index is 0.0617. The second kappa shape index (κ2) is 4.97. The number of nitrogens with two attached hydrogens (primary N) is 1. The van der Waals surface area contributed by atoms with E-state index in [0.29, 0.717) is 11.5 Å². The van der Waals surface area contributed by atoms with Crippen molar-refractivity contribution in [2.75, 3.05) is 11.1 Å². The number of hydrogen-bond acceptors (Lipinski definition) is 5. The first-order chi connectivity index (χ1) is 8.97. The van der Waals surface area contributed by atoms with E-state index in [9.17, 15) is 4.79 Å². The van der Waals surface area contributed by atoms with Crippen molar-refractivity contribution in [1.82, 2.24) is 14.8 Å². The van der Waals surface area contributed by atoms with Crippen molar-refractivity contribution < 1.29 is 9.90 Å². The maximum absolute atomic E-state index is 11.1. The van der Waals surface area contributed by atoms with Gasteiger partial charge in [0.15, 0.2) is 5.82 Å². The van der Waals surface area contributed by atoms with Gasteiger partial charge in [-0.15, -0.1) is 0 Å². The molecule has 0 fully saturated rings. The lowest BCUT2D eigenvalue weighted by Gasteiger charge is -2.08. The van der Waals surface area contributed by atoms with Gasteiger partial charge < -0.3 is 16.2 Å². The molecule has 4 N–H and O–H groups in total. The zero-order chi connectivity index (χ0) is 14.0. The lowest BCUT2D eigenvalue weighted by atomic mass is 10.2. The molecule has 0 atom stereocenters. The highest BCUT2D eigenvalue weighted by Gasteiger charge is 2.12. The number of hydrogen-bond donors (Lipinski definition) is 3. The van der Waals surface area contributed by atoms with Crippen LogP contribution >= 0.6 is 0 Å². The summed E-state index contributed by atoms with van der Waals surface area (Å²) in [6, 6.07) is 3.31. The third kappa shape index (κ3) is 2.82. The number of aromatic nitrogens is 3. The Morgan fingerprint density at radius 1 is 1.53 bits per heavy atom. The van der Waals surface area contributed by atoms with E-state index in [2.05, 4.69) is 15.4 Å². The fourth-order valence-corrected chi connectivity index (χ4v) is 1.58. The summed E-state index contributed by atoms with van der Waals surface area (Å²) < 4.78 is 1.77. The van der Waals surface area contributed by atoms with Crippen LogP contribution in [0.5, 0.6) is 0 Å². The van der Waals surface area contributed by atoms with E-state index in [1.165, 1.54) is 12.3 Å². The summed E-state index contributed by atoms with van der Waals surface area (Å²) in [4.78, 5) is 15.0. The Balaban J connectivity index is 2.29. The fourth-order valence-electron chi connectivity index (χ4n) is 1.58. The van der Waals surface area contributed by atoms with E-state index in [0.717, 1.165) is 0 Å². The van der Waals surface area contributed by atoms with Gasteiger partial charge in [0.05, 0.1) is 17.4 Å². The predicted octanol–water partition coefficient (Wildman–Crippen LogP) is 1.88. The van der Waals surface area contributed by atoms with Gasteiger partial charge in [-0.2, -0.15) is 5.10 Å². The monoisotopic (exact) mass is 261 g/mol. The maximum Gasteiger partial charge on any atom is 0.338 e. The first kappa shape index (κ1) is 12.9. The van der Waals surface area contributed by atoms with E-state index < -0.39 is 5.97 Å². The highest BCUT2D eigenvalue weighted by Crippen LogP contribution is 2.21.